The number of hydrogen-bond donors (Lipinski definition) is 1. The van der Waals surface area contributed by atoms with Crippen molar-refractivity contribution < 1.29 is 47.9 Å². The highest BCUT2D eigenvalue weighted by Gasteiger charge is 2.36. The summed E-state index contributed by atoms with van der Waals surface area (Å²) in [4.78, 5) is 30.1. The molecular formula is C40H53N3O11. The molecule has 2 heterocycles. The quantitative estimate of drug-likeness (QED) is 0.0610. The zero-order valence-electron chi connectivity index (χ0n) is 31.4. The first-order valence-electron chi connectivity index (χ1n) is 18.6. The topological polar surface area (TPSA) is 149 Å². The Bertz CT molecular complexity index is 1590. The van der Waals surface area contributed by atoms with Crippen LogP contribution in [-0.4, -0.2) is 103 Å². The van der Waals surface area contributed by atoms with Crippen LogP contribution in [0.2, 0.25) is 0 Å². The van der Waals surface area contributed by atoms with E-state index in [0.717, 1.165) is 60.7 Å². The van der Waals surface area contributed by atoms with Gasteiger partial charge in [0, 0.05) is 53.0 Å². The molecule has 5 rings (SSSR count). The van der Waals surface area contributed by atoms with Crippen LogP contribution >= 0.6 is 0 Å². The number of hydrogen-bond acceptors (Lipinski definition) is 13. The van der Waals surface area contributed by atoms with E-state index in [9.17, 15) is 14.9 Å². The van der Waals surface area contributed by atoms with Gasteiger partial charge in [0.05, 0.1) is 49.8 Å². The zero-order valence-corrected chi connectivity index (χ0v) is 31.4. The number of methoxy groups -OCH3 is 2. The molecule has 2 aliphatic rings. The molecule has 3 aromatic carbocycles. The number of piperidine rings is 1. The summed E-state index contributed by atoms with van der Waals surface area (Å²) < 4.78 is 41.3. The van der Waals surface area contributed by atoms with Crippen molar-refractivity contribution >= 4 is 11.7 Å². The van der Waals surface area contributed by atoms with Crippen LogP contribution in [-0.2, 0) is 41.7 Å². The van der Waals surface area contributed by atoms with Gasteiger partial charge < -0.3 is 48.2 Å². The minimum Gasteiger partial charge on any atom is -0.494 e. The van der Waals surface area contributed by atoms with Gasteiger partial charge in [-0.1, -0.05) is 30.3 Å². The number of unbranched alkanes of at least 4 members (excludes halogenated alkanes) is 1. The Hall–Kier alpha value is -4.47. The second-order valence-corrected chi connectivity index (χ2v) is 13.4. The molecule has 3 aromatic rings. The molecule has 294 valence electrons. The van der Waals surface area contributed by atoms with Crippen LogP contribution in [0.25, 0.3) is 0 Å². The minimum absolute atomic E-state index is 0.120. The van der Waals surface area contributed by atoms with Crippen molar-refractivity contribution in [3.63, 3.8) is 0 Å². The summed E-state index contributed by atoms with van der Waals surface area (Å²) in [6.07, 6.45) is 1.73. The molecule has 0 aliphatic carbocycles. The summed E-state index contributed by atoms with van der Waals surface area (Å²) in [5, 5.41) is 13.1. The van der Waals surface area contributed by atoms with E-state index >= 15 is 0 Å². The molecular weight excluding hydrogens is 698 g/mol. The second kappa shape index (κ2) is 21.4. The lowest BCUT2D eigenvalue weighted by atomic mass is 9.85. The third-order valence-electron chi connectivity index (χ3n) is 9.37. The van der Waals surface area contributed by atoms with Gasteiger partial charge in [0.15, 0.2) is 0 Å². The van der Waals surface area contributed by atoms with E-state index in [2.05, 4.69) is 39.3 Å². The average molecular weight is 752 g/mol. The van der Waals surface area contributed by atoms with Gasteiger partial charge in [-0.15, -0.1) is 10.1 Å². The van der Waals surface area contributed by atoms with Crippen molar-refractivity contribution in [2.45, 2.75) is 63.6 Å². The maximum Gasteiger partial charge on any atom is 0.338 e. The Morgan fingerprint density at radius 1 is 0.907 bits per heavy atom. The standard InChI is InChI=1S/C40H53N3O11/c1-29(54-40(44)33-10-7-30(8-11-33)28-53-43(45)46)26-51-37-24-41-25-38(39(37)32-12-14-34(15-13-32)49-21-5-4-19-47-2)52-27-31-9-16-36-35(23-31)42(18-22-50-36)17-6-20-48-3/h7-16,23,29,37-39,41H,4-6,17-22,24-28H2,1-3H3/t29?,37-,38+,39+/m1/s1. The maximum absolute atomic E-state index is 12.9. The molecule has 1 saturated heterocycles. The van der Waals surface area contributed by atoms with Gasteiger partial charge in [-0.05, 0) is 79.3 Å². The molecule has 0 spiro atoms. The van der Waals surface area contributed by atoms with Crippen molar-refractivity contribution in [1.82, 2.24) is 5.32 Å². The van der Waals surface area contributed by atoms with Crippen molar-refractivity contribution in [3.05, 3.63) is 99.1 Å². The predicted octanol–water partition coefficient (Wildman–Crippen LogP) is 5.34. The van der Waals surface area contributed by atoms with Crippen LogP contribution < -0.4 is 19.7 Å². The summed E-state index contributed by atoms with van der Waals surface area (Å²) in [5.74, 6) is 1.04. The predicted molar refractivity (Wildman–Crippen MR) is 201 cm³/mol. The summed E-state index contributed by atoms with van der Waals surface area (Å²) >= 11 is 0. The van der Waals surface area contributed by atoms with Crippen LogP contribution in [0.4, 0.5) is 5.69 Å². The lowest BCUT2D eigenvalue weighted by Gasteiger charge is -2.39. The van der Waals surface area contributed by atoms with E-state index in [0.29, 0.717) is 57.3 Å². The monoisotopic (exact) mass is 751 g/mol. The van der Waals surface area contributed by atoms with E-state index in [-0.39, 0.29) is 31.3 Å². The van der Waals surface area contributed by atoms with Crippen molar-refractivity contribution in [2.24, 2.45) is 0 Å². The average Bonchev–Trinajstić information content (AvgIpc) is 3.19. The van der Waals surface area contributed by atoms with Gasteiger partial charge in [-0.2, -0.15) is 0 Å². The Balaban J connectivity index is 1.24. The van der Waals surface area contributed by atoms with E-state index in [1.54, 1.807) is 45.4 Å². The number of rotatable bonds is 22. The van der Waals surface area contributed by atoms with Crippen LogP contribution in [0.5, 0.6) is 11.5 Å². The minimum atomic E-state index is -0.856. The number of anilines is 1. The number of benzene rings is 3. The number of ether oxygens (including phenoxy) is 7. The summed E-state index contributed by atoms with van der Waals surface area (Å²) in [7, 11) is 3.42. The Morgan fingerprint density at radius 2 is 1.61 bits per heavy atom. The number of nitrogens with one attached hydrogen (secondary N) is 1. The second-order valence-electron chi connectivity index (χ2n) is 13.4. The molecule has 14 heteroatoms. The third kappa shape index (κ3) is 12.3. The van der Waals surface area contributed by atoms with Crippen LogP contribution in [0.15, 0.2) is 66.7 Å². The summed E-state index contributed by atoms with van der Waals surface area (Å²) in [5.41, 5.74) is 4.07. The number of nitrogens with zero attached hydrogens (tertiary/aromatic N) is 2. The number of esters is 1. The smallest absolute Gasteiger partial charge is 0.338 e. The molecule has 0 radical (unpaired) electrons. The van der Waals surface area contributed by atoms with Gasteiger partial charge in [0.25, 0.3) is 5.09 Å². The van der Waals surface area contributed by atoms with Gasteiger partial charge in [0.1, 0.15) is 30.8 Å². The Kier molecular flexibility index (Phi) is 16.2. The SMILES string of the molecule is COCCCCOc1ccc([C@@H]2[C@@H](OCc3ccc4c(c3)N(CCCOC)CCO4)CNC[C@H]2OCC(C)OC(=O)c2ccc(CO[N+](=O)[O-])cc2)cc1. The van der Waals surface area contributed by atoms with Crippen molar-refractivity contribution in [1.29, 1.82) is 0 Å². The lowest BCUT2D eigenvalue weighted by molar-refractivity contribution is -0.763. The molecule has 1 unspecified atom stereocenters. The molecule has 0 bridgehead atoms. The molecule has 54 heavy (non-hydrogen) atoms. The van der Waals surface area contributed by atoms with Crippen LogP contribution in [0.1, 0.15) is 59.2 Å². The van der Waals surface area contributed by atoms with Crippen molar-refractivity contribution in [3.8, 4) is 11.5 Å². The highest BCUT2D eigenvalue weighted by molar-refractivity contribution is 5.89. The first-order valence-corrected chi connectivity index (χ1v) is 18.6. The Labute approximate surface area is 317 Å². The molecule has 0 amide bonds. The van der Waals surface area contributed by atoms with Gasteiger partial charge >= 0.3 is 5.97 Å². The fourth-order valence-electron chi connectivity index (χ4n) is 6.59. The highest BCUT2D eigenvalue weighted by Crippen LogP contribution is 2.35. The summed E-state index contributed by atoms with van der Waals surface area (Å²) in [6.45, 7) is 7.76. The number of carbonyl (C=O) groups is 1. The molecule has 1 fully saturated rings. The number of fused-ring (bicyclic) bond motifs is 1. The first-order chi connectivity index (χ1) is 26.3. The van der Waals surface area contributed by atoms with Crippen LogP contribution in [0, 0.1) is 10.1 Å². The largest absolute Gasteiger partial charge is 0.494 e. The van der Waals surface area contributed by atoms with E-state index in [1.807, 2.05) is 18.2 Å². The molecule has 1 N–H and O–H groups in total. The third-order valence-corrected chi connectivity index (χ3v) is 9.37. The maximum atomic E-state index is 12.9. The molecule has 0 aromatic heterocycles. The molecule has 4 atom stereocenters. The van der Waals surface area contributed by atoms with Gasteiger partial charge in [-0.3, -0.25) is 0 Å². The normalized spacial score (nSPS) is 18.6. The number of carbonyl (C=O) groups excluding carboxylic acids is 1. The van der Waals surface area contributed by atoms with Crippen LogP contribution in [0.3, 0.4) is 0 Å². The first kappa shape index (κ1) is 40.7. The molecule has 2 aliphatic heterocycles. The molecule has 14 nitrogen and oxygen atoms in total. The van der Waals surface area contributed by atoms with Crippen molar-refractivity contribution in [2.75, 3.05) is 78.3 Å². The lowest BCUT2D eigenvalue weighted by Crippen LogP contribution is -2.51. The van der Waals surface area contributed by atoms with E-state index < -0.39 is 17.2 Å². The Morgan fingerprint density at radius 3 is 2.35 bits per heavy atom. The van der Waals surface area contributed by atoms with Gasteiger partial charge in [0.2, 0.25) is 0 Å². The van der Waals surface area contributed by atoms with Gasteiger partial charge in [-0.25, -0.2) is 4.79 Å². The summed E-state index contributed by atoms with van der Waals surface area (Å²) in [6, 6.07) is 20.7. The zero-order chi connectivity index (χ0) is 38.1. The fraction of sp³-hybridized carbons (Fsp3) is 0.525. The highest BCUT2D eigenvalue weighted by atomic mass is 16.9. The fourth-order valence-corrected chi connectivity index (χ4v) is 6.59. The molecule has 0 saturated carbocycles. The van der Waals surface area contributed by atoms with E-state index in [1.165, 1.54) is 0 Å². The van der Waals surface area contributed by atoms with E-state index in [4.69, 9.17) is 33.2 Å².